The molecule has 0 saturated heterocycles. The van der Waals surface area contributed by atoms with E-state index in [1.165, 1.54) is 11.8 Å². The van der Waals surface area contributed by atoms with Crippen LogP contribution in [-0.4, -0.2) is 87.3 Å². The van der Waals surface area contributed by atoms with Gasteiger partial charge in [0.2, 0.25) is 5.82 Å². The second kappa shape index (κ2) is 16.0. The first-order valence-electron chi connectivity index (χ1n) is 15.9. The molecule has 1 aliphatic rings. The number of hydrogen-bond acceptors (Lipinski definition) is 12. The van der Waals surface area contributed by atoms with Crippen LogP contribution in [0.25, 0.3) is 0 Å². The number of hydrogen-bond donors (Lipinski definition) is 3. The van der Waals surface area contributed by atoms with E-state index >= 15 is 0 Å². The summed E-state index contributed by atoms with van der Waals surface area (Å²) < 4.78 is 144. The van der Waals surface area contributed by atoms with Gasteiger partial charge in [0.25, 0.3) is 19.9 Å². The number of nitrogens with zero attached hydrogens (tertiary/aromatic N) is 3. The maximum Gasteiger partial charge on any atom is 0.501 e. The maximum atomic E-state index is 14.0. The van der Waals surface area contributed by atoms with Gasteiger partial charge in [-0.1, -0.05) is 18.2 Å². The van der Waals surface area contributed by atoms with Gasteiger partial charge < -0.3 is 15.0 Å². The predicted molar refractivity (Wildman–Crippen MR) is 185 cm³/mol. The van der Waals surface area contributed by atoms with Crippen molar-refractivity contribution in [2.75, 3.05) is 36.4 Å². The number of halogens is 6. The molecule has 53 heavy (non-hydrogen) atoms. The van der Waals surface area contributed by atoms with Gasteiger partial charge in [-0.05, 0) is 78.2 Å². The quantitative estimate of drug-likeness (QED) is 0.114. The van der Waals surface area contributed by atoms with E-state index in [0.29, 0.717) is 13.0 Å². The Bertz CT molecular complexity index is 2010. The third-order valence-corrected chi connectivity index (χ3v) is 11.6. The number of alkyl halides is 6. The summed E-state index contributed by atoms with van der Waals surface area (Å²) in [6.07, 6.45) is -5.27. The molecule has 2 aromatic carbocycles. The molecule has 0 bridgehead atoms. The lowest BCUT2D eigenvalue weighted by molar-refractivity contribution is -0.157. The molecular formula is C32H38F6N6O6S3. The van der Waals surface area contributed by atoms with Crippen LogP contribution in [0.3, 0.4) is 0 Å². The Hall–Kier alpha value is -3.66. The minimum atomic E-state index is -6.17. The summed E-state index contributed by atoms with van der Waals surface area (Å²) in [4.78, 5) is 19.8. The molecule has 12 nitrogen and oxygen atoms in total. The molecule has 2 heterocycles. The summed E-state index contributed by atoms with van der Waals surface area (Å²) in [5, 5.41) is 5.58. The second-order valence-electron chi connectivity index (χ2n) is 13.3. The molecule has 0 spiro atoms. The molecule has 0 aliphatic carbocycles. The minimum Gasteiger partial charge on any atom is -0.459 e. The number of aromatic nitrogens is 2. The maximum absolute atomic E-state index is 14.0. The standard InChI is InChI=1S/C32H38F6N6O6S3/c1-30(2,3)50-28(45)25-16-24-22(17-39-25)27(42-29(41-24)31(33,34)35)43-53(48,49)21-11-12-23(26(15-21)52(46,47)32(36,37)38)40-19(13-14-44(4)5)18-51-20-9-7-6-8-10-20/h6-12,15,19,25,39-40H,13-14,16-18H2,1-5H3,(H,41,42,43)/t19?,25-/m1/s1. The van der Waals surface area contributed by atoms with Crippen molar-refractivity contribution in [1.82, 2.24) is 20.2 Å². The van der Waals surface area contributed by atoms with Crippen LogP contribution in [0.2, 0.25) is 0 Å². The number of rotatable bonds is 13. The predicted octanol–water partition coefficient (Wildman–Crippen LogP) is 5.47. The van der Waals surface area contributed by atoms with Crippen LogP contribution in [0, 0.1) is 0 Å². The average Bonchev–Trinajstić information content (AvgIpc) is 3.04. The zero-order valence-electron chi connectivity index (χ0n) is 29.1. The highest BCUT2D eigenvalue weighted by Gasteiger charge is 2.48. The summed E-state index contributed by atoms with van der Waals surface area (Å²) in [6.45, 7) is 4.81. The number of ether oxygens (including phenoxy) is 1. The smallest absolute Gasteiger partial charge is 0.459 e. The zero-order chi connectivity index (χ0) is 39.6. The molecule has 1 aliphatic heterocycles. The van der Waals surface area contributed by atoms with Crippen LogP contribution in [0.4, 0.5) is 37.8 Å². The first-order chi connectivity index (χ1) is 24.4. The van der Waals surface area contributed by atoms with Crippen molar-refractivity contribution in [2.45, 2.75) is 84.2 Å². The van der Waals surface area contributed by atoms with Crippen LogP contribution in [0.5, 0.6) is 0 Å². The highest BCUT2D eigenvalue weighted by Crippen LogP contribution is 2.38. The topological polar surface area (TPSA) is 160 Å². The summed E-state index contributed by atoms with van der Waals surface area (Å²) in [7, 11) is -7.73. The van der Waals surface area contributed by atoms with E-state index in [2.05, 4.69) is 20.6 Å². The molecule has 3 aromatic rings. The number of thioether (sulfide) groups is 1. The number of benzene rings is 2. The lowest BCUT2D eigenvalue weighted by Crippen LogP contribution is -2.46. The van der Waals surface area contributed by atoms with Crippen molar-refractivity contribution >= 4 is 49.1 Å². The van der Waals surface area contributed by atoms with E-state index in [4.69, 9.17) is 4.74 Å². The summed E-state index contributed by atoms with van der Waals surface area (Å²) in [5.41, 5.74) is -7.82. The fourth-order valence-corrected chi connectivity index (χ4v) is 8.07. The van der Waals surface area contributed by atoms with Gasteiger partial charge in [-0.3, -0.25) is 14.8 Å². The summed E-state index contributed by atoms with van der Waals surface area (Å²) in [6, 6.07) is 9.25. The number of carbonyl (C=O) groups is 1. The van der Waals surface area contributed by atoms with E-state index in [0.717, 1.165) is 17.0 Å². The minimum absolute atomic E-state index is 0.178. The Labute approximate surface area is 307 Å². The van der Waals surface area contributed by atoms with Crippen molar-refractivity contribution in [1.29, 1.82) is 0 Å². The van der Waals surface area contributed by atoms with E-state index in [-0.39, 0.29) is 23.1 Å². The van der Waals surface area contributed by atoms with Gasteiger partial charge in [0.1, 0.15) is 22.4 Å². The fraction of sp³-hybridized carbons (Fsp3) is 0.469. The lowest BCUT2D eigenvalue weighted by Gasteiger charge is -2.29. The monoisotopic (exact) mass is 812 g/mol. The lowest BCUT2D eigenvalue weighted by atomic mass is 10.0. The fourth-order valence-electron chi connectivity index (χ4n) is 4.99. The van der Waals surface area contributed by atoms with Crippen molar-refractivity contribution in [3.8, 4) is 0 Å². The summed E-state index contributed by atoms with van der Waals surface area (Å²) >= 11 is 1.36. The van der Waals surface area contributed by atoms with Crippen molar-refractivity contribution in [3.05, 3.63) is 65.6 Å². The van der Waals surface area contributed by atoms with Crippen LogP contribution in [0.15, 0.2) is 63.2 Å². The van der Waals surface area contributed by atoms with Crippen LogP contribution in [0.1, 0.15) is 44.3 Å². The van der Waals surface area contributed by atoms with Gasteiger partial charge in [-0.15, -0.1) is 11.8 Å². The van der Waals surface area contributed by atoms with Crippen molar-refractivity contribution in [2.24, 2.45) is 0 Å². The highest BCUT2D eigenvalue weighted by atomic mass is 32.2. The van der Waals surface area contributed by atoms with E-state index in [1.807, 2.05) is 21.8 Å². The largest absolute Gasteiger partial charge is 0.501 e. The molecule has 0 radical (unpaired) electrons. The van der Waals surface area contributed by atoms with Gasteiger partial charge in [-0.25, -0.2) is 26.8 Å². The Balaban J connectivity index is 1.74. The number of nitrogens with one attached hydrogen (secondary N) is 3. The third-order valence-electron chi connectivity index (χ3n) is 7.53. The zero-order valence-corrected chi connectivity index (χ0v) is 31.5. The van der Waals surface area contributed by atoms with Gasteiger partial charge in [0.05, 0.1) is 16.3 Å². The molecule has 2 atom stereocenters. The SMILES string of the molecule is CN(C)CCC(CSc1ccccc1)Nc1ccc(S(=O)(=O)Nc2nc(C(F)(F)F)nc3c2CN[C@@H](C(=O)OC(C)(C)C)C3)cc1S(=O)(=O)C(F)(F)F. The number of fused-ring (bicyclic) bond motifs is 1. The molecule has 3 N–H and O–H groups in total. The molecule has 292 valence electrons. The Morgan fingerprint density at radius 1 is 1.02 bits per heavy atom. The normalized spacial score (nSPS) is 16.2. The Kier molecular flexibility index (Phi) is 12.7. The molecule has 1 aromatic heterocycles. The molecule has 0 amide bonds. The average molecular weight is 813 g/mol. The van der Waals surface area contributed by atoms with E-state index < -0.39 is 95.3 Å². The number of anilines is 2. The first kappa shape index (κ1) is 42.1. The second-order valence-corrected chi connectivity index (χ2v) is 17.9. The molecule has 1 unspecified atom stereocenters. The Morgan fingerprint density at radius 2 is 1.68 bits per heavy atom. The highest BCUT2D eigenvalue weighted by molar-refractivity contribution is 7.99. The van der Waals surface area contributed by atoms with Crippen molar-refractivity contribution < 1.29 is 52.7 Å². The molecule has 0 saturated carbocycles. The molecule has 21 heteroatoms. The van der Waals surface area contributed by atoms with Gasteiger partial charge in [0, 0.05) is 35.2 Å². The Morgan fingerprint density at radius 3 is 2.26 bits per heavy atom. The number of carbonyl (C=O) groups excluding carboxylic acids is 1. The first-order valence-corrected chi connectivity index (χ1v) is 19.8. The van der Waals surface area contributed by atoms with Crippen LogP contribution in [-0.2, 0) is 48.5 Å². The number of sulfone groups is 1. The van der Waals surface area contributed by atoms with E-state index in [1.54, 1.807) is 53.1 Å². The number of sulfonamides is 1. The molecule has 0 fully saturated rings. The molecule has 4 rings (SSSR count). The number of esters is 1. The molecular weight excluding hydrogens is 775 g/mol. The summed E-state index contributed by atoms with van der Waals surface area (Å²) in [5.74, 6) is -3.14. The van der Waals surface area contributed by atoms with E-state index in [9.17, 15) is 48.0 Å². The van der Waals surface area contributed by atoms with Crippen LogP contribution < -0.4 is 15.4 Å². The van der Waals surface area contributed by atoms with Crippen LogP contribution >= 0.6 is 11.8 Å². The van der Waals surface area contributed by atoms with Gasteiger partial charge in [-0.2, -0.15) is 26.3 Å². The van der Waals surface area contributed by atoms with Gasteiger partial charge >= 0.3 is 17.7 Å². The van der Waals surface area contributed by atoms with Gasteiger partial charge in [0.15, 0.2) is 0 Å². The third kappa shape index (κ3) is 11.0. The van der Waals surface area contributed by atoms with Crippen molar-refractivity contribution in [3.63, 3.8) is 0 Å².